The lowest BCUT2D eigenvalue weighted by molar-refractivity contribution is 0.0730. The molecule has 3 nitrogen and oxygen atoms in total. The minimum absolute atomic E-state index is 0.0669. The van der Waals surface area contributed by atoms with Gasteiger partial charge >= 0.3 is 5.97 Å². The molecule has 1 N–H and O–H groups in total. The number of benzene rings is 2. The number of hydrogen-bond donors (Lipinski definition) is 1. The van der Waals surface area contributed by atoms with E-state index in [0.29, 0.717) is 5.75 Å². The van der Waals surface area contributed by atoms with Gasteiger partial charge in [-0.2, -0.15) is 0 Å². The van der Waals surface area contributed by atoms with Crippen LogP contribution in [0.1, 0.15) is 47.8 Å². The van der Waals surface area contributed by atoms with Crippen molar-refractivity contribution in [1.82, 2.24) is 0 Å². The molecule has 0 amide bonds. The molecule has 0 saturated heterocycles. The van der Waals surface area contributed by atoms with Crippen molar-refractivity contribution >= 4 is 5.97 Å². The maximum Gasteiger partial charge on any atom is 0.347 e. The summed E-state index contributed by atoms with van der Waals surface area (Å²) < 4.78 is 5.44. The van der Waals surface area contributed by atoms with Crippen LogP contribution in [0, 0.1) is 13.8 Å². The molecule has 0 radical (unpaired) electrons. The zero-order valence-electron chi connectivity index (χ0n) is 13.7. The second-order valence-electron chi connectivity index (χ2n) is 6.64. The molecule has 0 aliphatic carbocycles. The van der Waals surface area contributed by atoms with Gasteiger partial charge in [0.1, 0.15) is 17.1 Å². The molecule has 0 unspecified atom stereocenters. The first kappa shape index (κ1) is 16.1. The van der Waals surface area contributed by atoms with Crippen molar-refractivity contribution in [3.8, 4) is 11.5 Å². The quantitative estimate of drug-likeness (QED) is 0.654. The topological polar surface area (TPSA) is 46.5 Å². The maximum atomic E-state index is 12.4. The third kappa shape index (κ3) is 3.48. The van der Waals surface area contributed by atoms with Gasteiger partial charge < -0.3 is 9.84 Å². The number of hydrogen-bond acceptors (Lipinski definition) is 3. The highest BCUT2D eigenvalue weighted by Crippen LogP contribution is 2.29. The Morgan fingerprint density at radius 3 is 2.32 bits per heavy atom. The van der Waals surface area contributed by atoms with Gasteiger partial charge in [0.2, 0.25) is 0 Å². The highest BCUT2D eigenvalue weighted by molar-refractivity contribution is 5.94. The van der Waals surface area contributed by atoms with Crippen LogP contribution in [0.3, 0.4) is 0 Å². The lowest BCUT2D eigenvalue weighted by Crippen LogP contribution is -2.14. The van der Waals surface area contributed by atoms with E-state index in [1.54, 1.807) is 18.2 Å². The predicted octanol–water partition coefficient (Wildman–Crippen LogP) is 4.53. The van der Waals surface area contributed by atoms with Gasteiger partial charge in [-0.3, -0.25) is 0 Å². The Morgan fingerprint density at radius 1 is 1.05 bits per heavy atom. The molecule has 2 rings (SSSR count). The molecule has 0 aliphatic heterocycles. The maximum absolute atomic E-state index is 12.4. The number of phenolic OH excluding ortho intramolecular Hbond substituents is 1. The van der Waals surface area contributed by atoms with E-state index in [2.05, 4.69) is 20.8 Å². The number of phenols is 1. The van der Waals surface area contributed by atoms with E-state index in [4.69, 9.17) is 4.74 Å². The molecule has 3 heteroatoms. The van der Waals surface area contributed by atoms with Crippen LogP contribution >= 0.6 is 0 Å². The van der Waals surface area contributed by atoms with Gasteiger partial charge in [-0.15, -0.1) is 0 Å². The Kier molecular flexibility index (Phi) is 4.27. The molecule has 0 spiro atoms. The fraction of sp³-hybridized carbons (Fsp3) is 0.316. The summed E-state index contributed by atoms with van der Waals surface area (Å²) >= 11 is 0. The van der Waals surface area contributed by atoms with Crippen LogP contribution in [0.5, 0.6) is 11.5 Å². The van der Waals surface area contributed by atoms with Gasteiger partial charge in [-0.25, -0.2) is 4.79 Å². The number of ether oxygens (including phenoxy) is 1. The van der Waals surface area contributed by atoms with E-state index >= 15 is 0 Å². The summed E-state index contributed by atoms with van der Waals surface area (Å²) in [5, 5.41) is 9.96. The molecule has 0 atom stereocenters. The number of esters is 1. The van der Waals surface area contributed by atoms with Crippen LogP contribution in [0.25, 0.3) is 0 Å². The lowest BCUT2D eigenvalue weighted by Gasteiger charge is -2.20. The van der Waals surface area contributed by atoms with Crippen molar-refractivity contribution in [2.75, 3.05) is 0 Å². The second kappa shape index (κ2) is 5.84. The lowest BCUT2D eigenvalue weighted by atomic mass is 9.86. The normalized spacial score (nSPS) is 11.3. The van der Waals surface area contributed by atoms with E-state index in [1.807, 2.05) is 32.0 Å². The first-order valence-corrected chi connectivity index (χ1v) is 7.31. The van der Waals surface area contributed by atoms with E-state index in [1.165, 1.54) is 0 Å². The largest absolute Gasteiger partial charge is 0.507 e. The summed E-state index contributed by atoms with van der Waals surface area (Å²) in [6, 6.07) is 10.7. The van der Waals surface area contributed by atoms with Crippen molar-refractivity contribution in [2.45, 2.75) is 40.0 Å². The molecule has 2 aromatic rings. The van der Waals surface area contributed by atoms with E-state index < -0.39 is 5.97 Å². The zero-order valence-corrected chi connectivity index (χ0v) is 13.7. The molecule has 22 heavy (non-hydrogen) atoms. The fourth-order valence-electron chi connectivity index (χ4n) is 2.23. The van der Waals surface area contributed by atoms with Crippen molar-refractivity contribution in [2.24, 2.45) is 0 Å². The zero-order chi connectivity index (χ0) is 16.5. The Bertz CT molecular complexity index is 709. The Labute approximate surface area is 131 Å². The molecule has 0 aromatic heterocycles. The summed E-state index contributed by atoms with van der Waals surface area (Å²) in [5.74, 6) is -0.102. The average molecular weight is 298 g/mol. The smallest absolute Gasteiger partial charge is 0.347 e. The van der Waals surface area contributed by atoms with Crippen LogP contribution in [-0.4, -0.2) is 11.1 Å². The number of aryl methyl sites for hydroxylation is 2. The van der Waals surface area contributed by atoms with Crippen LogP contribution in [0.15, 0.2) is 36.4 Å². The van der Waals surface area contributed by atoms with Gasteiger partial charge in [0, 0.05) is 0 Å². The van der Waals surface area contributed by atoms with Crippen molar-refractivity contribution in [1.29, 1.82) is 0 Å². The van der Waals surface area contributed by atoms with E-state index in [9.17, 15) is 9.90 Å². The highest BCUT2D eigenvalue weighted by atomic mass is 16.5. The summed E-state index contributed by atoms with van der Waals surface area (Å²) in [5.41, 5.74) is 3.04. The summed E-state index contributed by atoms with van der Waals surface area (Å²) in [4.78, 5) is 12.4. The predicted molar refractivity (Wildman–Crippen MR) is 87.7 cm³/mol. The first-order chi connectivity index (χ1) is 10.2. The third-order valence-corrected chi connectivity index (χ3v) is 3.62. The minimum atomic E-state index is -0.546. The highest BCUT2D eigenvalue weighted by Gasteiger charge is 2.20. The SMILES string of the molecule is Cc1ccc(OC(=O)c2cc(C(C)(C)C)ccc2O)c(C)c1. The first-order valence-electron chi connectivity index (χ1n) is 7.31. The Balaban J connectivity index is 2.33. The van der Waals surface area contributed by atoms with Gasteiger partial charge in [0.15, 0.2) is 0 Å². The average Bonchev–Trinajstić information content (AvgIpc) is 2.41. The molecule has 0 saturated carbocycles. The summed E-state index contributed by atoms with van der Waals surface area (Å²) in [7, 11) is 0. The number of rotatable bonds is 2. The van der Waals surface area contributed by atoms with Gasteiger partial charge in [-0.05, 0) is 48.6 Å². The fourth-order valence-corrected chi connectivity index (χ4v) is 2.23. The monoisotopic (exact) mass is 298 g/mol. The number of aromatic hydroxyl groups is 1. The third-order valence-electron chi connectivity index (χ3n) is 3.62. The summed E-state index contributed by atoms with van der Waals surface area (Å²) in [6.07, 6.45) is 0. The van der Waals surface area contributed by atoms with Crippen LogP contribution < -0.4 is 4.74 Å². The van der Waals surface area contributed by atoms with E-state index in [-0.39, 0.29) is 16.7 Å². The van der Waals surface area contributed by atoms with Crippen molar-refractivity contribution < 1.29 is 14.6 Å². The second-order valence-corrected chi connectivity index (χ2v) is 6.64. The molecule has 0 fully saturated rings. The number of carbonyl (C=O) groups excluding carboxylic acids is 1. The van der Waals surface area contributed by atoms with Crippen LogP contribution in [-0.2, 0) is 5.41 Å². The molecular formula is C19H22O3. The molecule has 0 heterocycles. The summed E-state index contributed by atoms with van der Waals surface area (Å²) in [6.45, 7) is 10.0. The molecule has 0 aliphatic rings. The minimum Gasteiger partial charge on any atom is -0.507 e. The van der Waals surface area contributed by atoms with Gasteiger partial charge in [0.05, 0.1) is 0 Å². The van der Waals surface area contributed by atoms with Crippen molar-refractivity contribution in [3.63, 3.8) is 0 Å². The van der Waals surface area contributed by atoms with Crippen LogP contribution in [0.2, 0.25) is 0 Å². The molecule has 116 valence electrons. The van der Waals surface area contributed by atoms with Gasteiger partial charge in [-0.1, -0.05) is 44.5 Å². The number of carbonyl (C=O) groups is 1. The standard InChI is InChI=1S/C19H22O3/c1-12-6-9-17(13(2)10-12)22-18(21)15-11-14(19(3,4)5)7-8-16(15)20/h6-11,20H,1-5H3. The van der Waals surface area contributed by atoms with Crippen LogP contribution in [0.4, 0.5) is 0 Å². The molecule has 2 aromatic carbocycles. The molecule has 0 bridgehead atoms. The Hall–Kier alpha value is -2.29. The van der Waals surface area contributed by atoms with E-state index in [0.717, 1.165) is 16.7 Å². The van der Waals surface area contributed by atoms with Gasteiger partial charge in [0.25, 0.3) is 0 Å². The van der Waals surface area contributed by atoms with Crippen molar-refractivity contribution in [3.05, 3.63) is 58.7 Å². The molecular weight excluding hydrogens is 276 g/mol. The Morgan fingerprint density at radius 2 is 1.73 bits per heavy atom.